The second-order valence-corrected chi connectivity index (χ2v) is 9.18. The Hall–Kier alpha value is -3.55. The number of halogens is 1. The highest BCUT2D eigenvalue weighted by atomic mass is 35.5. The first-order valence-corrected chi connectivity index (χ1v) is 12.1. The third-order valence-corrected chi connectivity index (χ3v) is 6.97. The van der Waals surface area contributed by atoms with Crippen molar-refractivity contribution in [2.45, 2.75) is 26.8 Å². The number of aryl methyl sites for hydroxylation is 2. The van der Waals surface area contributed by atoms with Gasteiger partial charge in [-0.05, 0) is 43.2 Å². The molecule has 6 nitrogen and oxygen atoms in total. The van der Waals surface area contributed by atoms with Gasteiger partial charge in [-0.2, -0.15) is 0 Å². The SMILES string of the molecule is CCc1cccc2sc(N(Cc3ccccn3)C(=O)c3c(-c4ccccc4Cl)noc3C)nc12. The molecular weight excluding hydrogens is 468 g/mol. The highest BCUT2D eigenvalue weighted by molar-refractivity contribution is 7.22. The zero-order chi connectivity index (χ0) is 23.7. The van der Waals surface area contributed by atoms with Crippen molar-refractivity contribution in [2.75, 3.05) is 4.90 Å². The Balaban J connectivity index is 1.65. The monoisotopic (exact) mass is 488 g/mol. The number of hydrogen-bond donors (Lipinski definition) is 0. The number of hydrogen-bond acceptors (Lipinski definition) is 6. The molecule has 3 heterocycles. The number of rotatable bonds is 6. The number of benzene rings is 2. The van der Waals surface area contributed by atoms with Gasteiger partial charge in [0.15, 0.2) is 5.13 Å². The maximum Gasteiger partial charge on any atom is 0.266 e. The van der Waals surface area contributed by atoms with Crippen LogP contribution in [0, 0.1) is 6.92 Å². The molecule has 0 N–H and O–H groups in total. The molecule has 8 heteroatoms. The number of anilines is 1. The number of para-hydroxylation sites is 1. The van der Waals surface area contributed by atoms with Crippen molar-refractivity contribution in [1.29, 1.82) is 0 Å². The Morgan fingerprint density at radius 3 is 2.68 bits per heavy atom. The molecule has 0 aliphatic heterocycles. The van der Waals surface area contributed by atoms with Crippen LogP contribution in [0.25, 0.3) is 21.5 Å². The quantitative estimate of drug-likeness (QED) is 0.265. The summed E-state index contributed by atoms with van der Waals surface area (Å²) in [4.78, 5) is 25.0. The summed E-state index contributed by atoms with van der Waals surface area (Å²) < 4.78 is 6.50. The number of pyridine rings is 1. The summed E-state index contributed by atoms with van der Waals surface area (Å²) in [6.45, 7) is 4.08. The molecule has 0 radical (unpaired) electrons. The summed E-state index contributed by atoms with van der Waals surface area (Å²) in [5.74, 6) is 0.151. The molecule has 0 fully saturated rings. The lowest BCUT2D eigenvalue weighted by Crippen LogP contribution is -2.31. The Morgan fingerprint density at radius 1 is 1.09 bits per heavy atom. The van der Waals surface area contributed by atoms with Gasteiger partial charge in [0.05, 0.1) is 27.5 Å². The topological polar surface area (TPSA) is 72.1 Å². The van der Waals surface area contributed by atoms with Crippen LogP contribution < -0.4 is 4.90 Å². The zero-order valence-electron chi connectivity index (χ0n) is 18.7. The van der Waals surface area contributed by atoms with E-state index in [2.05, 4.69) is 23.1 Å². The Labute approximate surface area is 205 Å². The molecule has 0 atom stereocenters. The maximum absolute atomic E-state index is 14.1. The van der Waals surface area contributed by atoms with E-state index in [-0.39, 0.29) is 12.5 Å². The number of thiazole rings is 1. The normalized spacial score (nSPS) is 11.1. The van der Waals surface area contributed by atoms with Crippen molar-refractivity contribution in [3.8, 4) is 11.3 Å². The lowest BCUT2D eigenvalue weighted by molar-refractivity contribution is 0.0984. The number of fused-ring (bicyclic) bond motifs is 1. The van der Waals surface area contributed by atoms with Crippen molar-refractivity contribution in [3.05, 3.63) is 94.5 Å². The molecule has 1 amide bonds. The molecule has 0 aliphatic carbocycles. The van der Waals surface area contributed by atoms with Gasteiger partial charge in [-0.3, -0.25) is 14.7 Å². The van der Waals surface area contributed by atoms with Crippen molar-refractivity contribution < 1.29 is 9.32 Å². The van der Waals surface area contributed by atoms with E-state index in [1.807, 2.05) is 48.5 Å². The van der Waals surface area contributed by atoms with Crippen LogP contribution in [0.1, 0.15) is 34.3 Å². The van der Waals surface area contributed by atoms with E-state index in [4.69, 9.17) is 21.1 Å². The number of carbonyl (C=O) groups is 1. The molecule has 34 heavy (non-hydrogen) atoms. The highest BCUT2D eigenvalue weighted by Crippen LogP contribution is 2.36. The van der Waals surface area contributed by atoms with E-state index in [0.717, 1.165) is 27.9 Å². The van der Waals surface area contributed by atoms with Gasteiger partial charge in [-0.25, -0.2) is 4.98 Å². The Kier molecular flexibility index (Phi) is 6.13. The molecule has 0 spiro atoms. The lowest BCUT2D eigenvalue weighted by Gasteiger charge is -2.19. The van der Waals surface area contributed by atoms with Crippen molar-refractivity contribution in [2.24, 2.45) is 0 Å². The first-order chi connectivity index (χ1) is 16.6. The molecule has 0 bridgehead atoms. The summed E-state index contributed by atoms with van der Waals surface area (Å²) in [6, 6.07) is 19.0. The van der Waals surface area contributed by atoms with E-state index < -0.39 is 0 Å². The summed E-state index contributed by atoms with van der Waals surface area (Å²) in [5.41, 5.74) is 4.22. The van der Waals surface area contributed by atoms with Crippen LogP contribution in [0.15, 0.2) is 71.4 Å². The minimum Gasteiger partial charge on any atom is -0.360 e. The van der Waals surface area contributed by atoms with Gasteiger partial charge >= 0.3 is 0 Å². The summed E-state index contributed by atoms with van der Waals surface area (Å²) in [5, 5.41) is 5.27. The summed E-state index contributed by atoms with van der Waals surface area (Å²) >= 11 is 7.91. The van der Waals surface area contributed by atoms with E-state index in [0.29, 0.717) is 32.7 Å². The van der Waals surface area contributed by atoms with Gasteiger partial charge in [0.2, 0.25) is 0 Å². The molecule has 170 valence electrons. The van der Waals surface area contributed by atoms with Gasteiger partial charge in [-0.15, -0.1) is 0 Å². The molecule has 2 aromatic carbocycles. The van der Waals surface area contributed by atoms with Crippen molar-refractivity contribution in [1.82, 2.24) is 15.1 Å². The van der Waals surface area contributed by atoms with Crippen molar-refractivity contribution >= 4 is 44.2 Å². The first kappa shape index (κ1) is 22.3. The Morgan fingerprint density at radius 2 is 1.91 bits per heavy atom. The molecule has 0 saturated carbocycles. The lowest BCUT2D eigenvalue weighted by atomic mass is 10.0. The maximum atomic E-state index is 14.1. The number of aromatic nitrogens is 3. The van der Waals surface area contributed by atoms with Gasteiger partial charge in [0, 0.05) is 11.8 Å². The minimum atomic E-state index is -0.267. The van der Waals surface area contributed by atoms with E-state index in [1.54, 1.807) is 24.1 Å². The minimum absolute atomic E-state index is 0.257. The smallest absolute Gasteiger partial charge is 0.266 e. The summed E-state index contributed by atoms with van der Waals surface area (Å²) in [6.07, 6.45) is 2.57. The van der Waals surface area contributed by atoms with Crippen LogP contribution in [-0.4, -0.2) is 21.0 Å². The van der Waals surface area contributed by atoms with E-state index >= 15 is 0 Å². The van der Waals surface area contributed by atoms with Gasteiger partial charge in [0.1, 0.15) is 17.0 Å². The van der Waals surface area contributed by atoms with Gasteiger partial charge in [-0.1, -0.05) is 71.4 Å². The van der Waals surface area contributed by atoms with Gasteiger partial charge < -0.3 is 4.52 Å². The fourth-order valence-corrected chi connectivity index (χ4v) is 5.11. The van der Waals surface area contributed by atoms with Crippen LogP contribution in [0.2, 0.25) is 5.02 Å². The standard InChI is InChI=1S/C26H21ClN4O2S/c1-3-17-9-8-13-21-23(17)29-26(34-21)31(15-18-10-6-7-14-28-18)25(32)22-16(2)33-30-24(22)19-11-4-5-12-20(19)27/h4-14H,3,15H2,1-2H3. The highest BCUT2D eigenvalue weighted by Gasteiger charge is 2.30. The third-order valence-electron chi connectivity index (χ3n) is 5.60. The number of nitrogens with zero attached hydrogens (tertiary/aromatic N) is 4. The van der Waals surface area contributed by atoms with Crippen LogP contribution in [0.4, 0.5) is 5.13 Å². The van der Waals surface area contributed by atoms with Crippen LogP contribution in [0.5, 0.6) is 0 Å². The first-order valence-electron chi connectivity index (χ1n) is 10.9. The van der Waals surface area contributed by atoms with Crippen LogP contribution in [0.3, 0.4) is 0 Å². The van der Waals surface area contributed by atoms with Gasteiger partial charge in [0.25, 0.3) is 5.91 Å². The summed E-state index contributed by atoms with van der Waals surface area (Å²) in [7, 11) is 0. The second kappa shape index (κ2) is 9.37. The predicted octanol–water partition coefficient (Wildman–Crippen LogP) is 6.72. The third kappa shape index (κ3) is 4.08. The fourth-order valence-electron chi connectivity index (χ4n) is 3.87. The van der Waals surface area contributed by atoms with E-state index in [1.165, 1.54) is 11.3 Å². The average molecular weight is 489 g/mol. The molecule has 0 aliphatic rings. The van der Waals surface area contributed by atoms with Crippen LogP contribution in [-0.2, 0) is 13.0 Å². The van der Waals surface area contributed by atoms with E-state index in [9.17, 15) is 4.79 Å². The average Bonchev–Trinajstić information content (AvgIpc) is 3.46. The second-order valence-electron chi connectivity index (χ2n) is 7.77. The molecular formula is C26H21ClN4O2S. The predicted molar refractivity (Wildman–Crippen MR) is 135 cm³/mol. The molecule has 3 aromatic heterocycles. The Bertz CT molecular complexity index is 1480. The number of amides is 1. The van der Waals surface area contributed by atoms with Crippen LogP contribution >= 0.6 is 22.9 Å². The molecule has 0 unspecified atom stereocenters. The zero-order valence-corrected chi connectivity index (χ0v) is 20.2. The fraction of sp³-hybridized carbons (Fsp3) is 0.154. The number of carbonyl (C=O) groups excluding carboxylic acids is 1. The van der Waals surface area contributed by atoms with Crippen molar-refractivity contribution in [3.63, 3.8) is 0 Å². The molecule has 5 rings (SSSR count). The largest absolute Gasteiger partial charge is 0.360 e. The molecule has 5 aromatic rings. The molecule has 0 saturated heterocycles.